The quantitative estimate of drug-likeness (QED) is 0.837. The Labute approximate surface area is 133 Å². The lowest BCUT2D eigenvalue weighted by Crippen LogP contribution is -2.50. The molecule has 1 aromatic rings. The Hall–Kier alpha value is -1.46. The average molecular weight is 331 g/mol. The second-order valence-electron chi connectivity index (χ2n) is 4.60. The zero-order valence-corrected chi connectivity index (χ0v) is 13.2. The monoisotopic (exact) mass is 330 g/mol. The van der Waals surface area contributed by atoms with Crippen LogP contribution in [0.15, 0.2) is 18.2 Å². The molecule has 21 heavy (non-hydrogen) atoms. The van der Waals surface area contributed by atoms with Crippen LogP contribution in [0.4, 0.5) is 4.79 Å². The lowest BCUT2D eigenvalue weighted by atomic mass is 10.2. The summed E-state index contributed by atoms with van der Waals surface area (Å²) >= 11 is 11.9. The van der Waals surface area contributed by atoms with Crippen LogP contribution < -0.4 is 0 Å². The fraction of sp³-hybridized carbons (Fsp3) is 0.429. The number of amides is 2. The normalized spacial score (nSPS) is 15.0. The third kappa shape index (κ3) is 3.80. The Morgan fingerprint density at radius 3 is 2.33 bits per heavy atom. The number of ether oxygens (including phenoxy) is 1. The van der Waals surface area contributed by atoms with E-state index in [-0.39, 0.29) is 12.0 Å². The van der Waals surface area contributed by atoms with Gasteiger partial charge in [-0.15, -0.1) is 0 Å². The van der Waals surface area contributed by atoms with Crippen LogP contribution in [-0.2, 0) is 4.74 Å². The number of piperazine rings is 1. The van der Waals surface area contributed by atoms with Crippen molar-refractivity contribution in [2.75, 3.05) is 32.8 Å². The highest BCUT2D eigenvalue weighted by atomic mass is 35.5. The minimum absolute atomic E-state index is 0.153. The van der Waals surface area contributed by atoms with Gasteiger partial charge in [0.05, 0.1) is 17.2 Å². The standard InChI is InChI=1S/C14H16Cl2N2O3/c1-2-21-14(20)18-7-5-17(6-8-18)13(19)11-4-3-10(15)9-12(11)16/h3-4,9H,2,5-8H2,1H3. The maximum Gasteiger partial charge on any atom is 0.409 e. The third-order valence-corrected chi connectivity index (χ3v) is 3.80. The van der Waals surface area contributed by atoms with Crippen molar-refractivity contribution in [1.29, 1.82) is 0 Å². The zero-order valence-electron chi connectivity index (χ0n) is 11.6. The summed E-state index contributed by atoms with van der Waals surface area (Å²) in [5.74, 6) is -0.153. The Kier molecular flexibility index (Phi) is 5.31. The molecule has 0 aromatic heterocycles. The maximum absolute atomic E-state index is 12.4. The van der Waals surface area contributed by atoms with Gasteiger partial charge in [-0.2, -0.15) is 0 Å². The topological polar surface area (TPSA) is 49.9 Å². The smallest absolute Gasteiger partial charge is 0.409 e. The Balaban J connectivity index is 1.98. The molecule has 2 rings (SSSR count). The molecule has 0 bridgehead atoms. The van der Waals surface area contributed by atoms with Crippen molar-refractivity contribution >= 4 is 35.2 Å². The third-order valence-electron chi connectivity index (χ3n) is 3.25. The van der Waals surface area contributed by atoms with E-state index in [2.05, 4.69) is 0 Å². The van der Waals surface area contributed by atoms with Crippen molar-refractivity contribution in [2.24, 2.45) is 0 Å². The van der Waals surface area contributed by atoms with Crippen LogP contribution in [0.2, 0.25) is 10.0 Å². The largest absolute Gasteiger partial charge is 0.450 e. The number of hydrogen-bond donors (Lipinski definition) is 0. The molecule has 1 aliphatic rings. The molecule has 114 valence electrons. The number of nitrogens with zero attached hydrogens (tertiary/aromatic N) is 2. The number of carbonyl (C=O) groups excluding carboxylic acids is 2. The van der Waals surface area contributed by atoms with E-state index in [0.29, 0.717) is 48.4 Å². The molecule has 0 N–H and O–H groups in total. The molecule has 0 saturated carbocycles. The summed E-state index contributed by atoms with van der Waals surface area (Å²) in [6, 6.07) is 4.80. The van der Waals surface area contributed by atoms with Gasteiger partial charge in [0.2, 0.25) is 0 Å². The molecule has 5 nitrogen and oxygen atoms in total. The minimum Gasteiger partial charge on any atom is -0.450 e. The molecule has 1 aliphatic heterocycles. The molecule has 0 unspecified atom stereocenters. The Bertz CT molecular complexity index is 543. The summed E-state index contributed by atoms with van der Waals surface area (Å²) in [6.07, 6.45) is -0.339. The van der Waals surface area contributed by atoms with Gasteiger partial charge in [0.1, 0.15) is 0 Å². The van der Waals surface area contributed by atoms with E-state index in [1.807, 2.05) is 0 Å². The Morgan fingerprint density at radius 1 is 1.14 bits per heavy atom. The first kappa shape index (κ1) is 15.9. The van der Waals surface area contributed by atoms with Gasteiger partial charge < -0.3 is 14.5 Å². The van der Waals surface area contributed by atoms with Gasteiger partial charge in [-0.3, -0.25) is 4.79 Å². The average Bonchev–Trinajstić information content (AvgIpc) is 2.47. The predicted molar refractivity (Wildman–Crippen MR) is 81.0 cm³/mol. The van der Waals surface area contributed by atoms with Crippen LogP contribution in [0.25, 0.3) is 0 Å². The second kappa shape index (κ2) is 7.00. The first-order valence-corrected chi connectivity index (χ1v) is 7.44. The molecule has 7 heteroatoms. The van der Waals surface area contributed by atoms with Crippen LogP contribution in [0.3, 0.4) is 0 Å². The van der Waals surface area contributed by atoms with Crippen molar-refractivity contribution in [3.8, 4) is 0 Å². The van der Waals surface area contributed by atoms with Crippen LogP contribution >= 0.6 is 23.2 Å². The highest BCUT2D eigenvalue weighted by Gasteiger charge is 2.26. The van der Waals surface area contributed by atoms with Crippen LogP contribution in [-0.4, -0.2) is 54.6 Å². The number of hydrogen-bond acceptors (Lipinski definition) is 3. The van der Waals surface area contributed by atoms with Crippen LogP contribution in [0.5, 0.6) is 0 Å². The van der Waals surface area contributed by atoms with Crippen LogP contribution in [0, 0.1) is 0 Å². The summed E-state index contributed by atoms with van der Waals surface area (Å²) in [5.41, 5.74) is 0.422. The van der Waals surface area contributed by atoms with Crippen molar-refractivity contribution in [3.63, 3.8) is 0 Å². The molecule has 1 heterocycles. The lowest BCUT2D eigenvalue weighted by Gasteiger charge is -2.34. The van der Waals surface area contributed by atoms with E-state index < -0.39 is 0 Å². The number of halogens is 2. The van der Waals surface area contributed by atoms with Gasteiger partial charge in [-0.1, -0.05) is 23.2 Å². The SMILES string of the molecule is CCOC(=O)N1CCN(C(=O)c2ccc(Cl)cc2Cl)CC1. The van der Waals surface area contributed by atoms with Crippen molar-refractivity contribution in [2.45, 2.75) is 6.92 Å². The Morgan fingerprint density at radius 2 is 1.76 bits per heavy atom. The summed E-state index contributed by atoms with van der Waals surface area (Å²) < 4.78 is 4.94. The number of rotatable bonds is 2. The van der Waals surface area contributed by atoms with Gasteiger partial charge in [-0.25, -0.2) is 4.79 Å². The zero-order chi connectivity index (χ0) is 15.4. The number of carbonyl (C=O) groups is 2. The summed E-state index contributed by atoms with van der Waals surface area (Å²) in [5, 5.41) is 0.823. The van der Waals surface area contributed by atoms with E-state index in [1.165, 1.54) is 0 Å². The predicted octanol–water partition coefficient (Wildman–Crippen LogP) is 2.91. The summed E-state index contributed by atoms with van der Waals surface area (Å²) in [6.45, 7) is 3.93. The molecular formula is C14H16Cl2N2O3. The van der Waals surface area contributed by atoms with E-state index in [9.17, 15) is 9.59 Å². The molecule has 2 amide bonds. The van der Waals surface area contributed by atoms with Crippen molar-refractivity contribution < 1.29 is 14.3 Å². The first-order chi connectivity index (χ1) is 10.0. The van der Waals surface area contributed by atoms with Gasteiger partial charge in [0, 0.05) is 31.2 Å². The maximum atomic E-state index is 12.4. The molecule has 0 atom stereocenters. The van der Waals surface area contributed by atoms with Gasteiger partial charge in [0.15, 0.2) is 0 Å². The summed E-state index contributed by atoms with van der Waals surface area (Å²) in [7, 11) is 0. The van der Waals surface area contributed by atoms with Gasteiger partial charge >= 0.3 is 6.09 Å². The minimum atomic E-state index is -0.339. The van der Waals surface area contributed by atoms with Crippen LogP contribution in [0.1, 0.15) is 17.3 Å². The van der Waals surface area contributed by atoms with Gasteiger partial charge in [0.25, 0.3) is 5.91 Å². The molecular weight excluding hydrogens is 315 g/mol. The lowest BCUT2D eigenvalue weighted by molar-refractivity contribution is 0.0570. The highest BCUT2D eigenvalue weighted by molar-refractivity contribution is 6.36. The second-order valence-corrected chi connectivity index (χ2v) is 5.45. The summed E-state index contributed by atoms with van der Waals surface area (Å²) in [4.78, 5) is 27.3. The molecule has 0 spiro atoms. The first-order valence-electron chi connectivity index (χ1n) is 6.69. The molecule has 1 saturated heterocycles. The highest BCUT2D eigenvalue weighted by Crippen LogP contribution is 2.22. The number of benzene rings is 1. The van der Waals surface area contributed by atoms with Gasteiger partial charge in [-0.05, 0) is 25.1 Å². The molecule has 1 fully saturated rings. The fourth-order valence-electron chi connectivity index (χ4n) is 2.14. The van der Waals surface area contributed by atoms with E-state index in [0.717, 1.165) is 0 Å². The van der Waals surface area contributed by atoms with Crippen molar-refractivity contribution in [3.05, 3.63) is 33.8 Å². The van der Waals surface area contributed by atoms with E-state index >= 15 is 0 Å². The van der Waals surface area contributed by atoms with Crippen molar-refractivity contribution in [1.82, 2.24) is 9.80 Å². The van der Waals surface area contributed by atoms with E-state index in [4.69, 9.17) is 27.9 Å². The molecule has 1 aromatic carbocycles. The van der Waals surface area contributed by atoms with E-state index in [1.54, 1.807) is 34.9 Å². The fourth-order valence-corrected chi connectivity index (χ4v) is 2.63. The molecule has 0 aliphatic carbocycles. The molecule has 0 radical (unpaired) electrons.